The Morgan fingerprint density at radius 2 is 1.76 bits per heavy atom. The van der Waals surface area contributed by atoms with Crippen LogP contribution in [0.2, 0.25) is 0 Å². The minimum absolute atomic E-state index is 0.659. The van der Waals surface area contributed by atoms with Gasteiger partial charge < -0.3 is 10.1 Å². The molecule has 96 valence electrons. The zero-order chi connectivity index (χ0) is 12.8. The van der Waals surface area contributed by atoms with Crippen molar-refractivity contribution < 1.29 is 4.74 Å². The lowest BCUT2D eigenvalue weighted by molar-refractivity contribution is 0.280. The second kappa shape index (κ2) is 6.65. The van der Waals surface area contributed by atoms with Crippen molar-refractivity contribution in [3.8, 4) is 5.75 Å². The summed E-state index contributed by atoms with van der Waals surface area (Å²) in [5.41, 5.74) is 3.86. The number of benzene rings is 1. The van der Waals surface area contributed by atoms with Crippen molar-refractivity contribution in [1.82, 2.24) is 5.32 Å². The van der Waals surface area contributed by atoms with Gasteiger partial charge in [0.1, 0.15) is 5.75 Å². The largest absolute Gasteiger partial charge is 0.493 e. The summed E-state index contributed by atoms with van der Waals surface area (Å²) in [6.07, 6.45) is 1.09. The lowest BCUT2D eigenvalue weighted by atomic mass is 10.1. The van der Waals surface area contributed by atoms with Gasteiger partial charge >= 0.3 is 0 Å². The van der Waals surface area contributed by atoms with Gasteiger partial charge in [-0.1, -0.05) is 13.0 Å². The quantitative estimate of drug-likeness (QED) is 0.817. The molecule has 0 aliphatic carbocycles. The van der Waals surface area contributed by atoms with E-state index in [1.165, 1.54) is 16.7 Å². The molecule has 17 heavy (non-hydrogen) atoms. The predicted octanol–water partition coefficient (Wildman–Crippen LogP) is 3.24. The summed E-state index contributed by atoms with van der Waals surface area (Å²) in [6.45, 7) is 10.5. The molecule has 0 bridgehead atoms. The molecule has 0 fully saturated rings. The molecule has 0 saturated heterocycles. The fourth-order valence-electron chi connectivity index (χ4n) is 1.91. The van der Waals surface area contributed by atoms with E-state index in [1.807, 2.05) is 7.05 Å². The van der Waals surface area contributed by atoms with Crippen molar-refractivity contribution in [2.24, 2.45) is 5.92 Å². The first-order valence-corrected chi connectivity index (χ1v) is 6.39. The van der Waals surface area contributed by atoms with Crippen LogP contribution >= 0.6 is 0 Å². The summed E-state index contributed by atoms with van der Waals surface area (Å²) in [6, 6.07) is 4.34. The lowest BCUT2D eigenvalue weighted by Gasteiger charge is -2.14. The number of ether oxygens (including phenoxy) is 1. The molecular formula is C15H25NO. The molecule has 0 amide bonds. The Morgan fingerprint density at radius 3 is 2.41 bits per heavy atom. The summed E-state index contributed by atoms with van der Waals surface area (Å²) in [5.74, 6) is 1.69. The maximum Gasteiger partial charge on any atom is 0.122 e. The highest BCUT2D eigenvalue weighted by atomic mass is 16.5. The minimum atomic E-state index is 0.659. The third-order valence-corrected chi connectivity index (χ3v) is 3.21. The van der Waals surface area contributed by atoms with Crippen molar-refractivity contribution >= 4 is 0 Å². The molecule has 0 aliphatic heterocycles. The molecule has 1 aromatic carbocycles. The van der Waals surface area contributed by atoms with Gasteiger partial charge in [0.05, 0.1) is 6.61 Å². The Bertz CT molecular complexity index is 360. The Balaban J connectivity index is 2.49. The van der Waals surface area contributed by atoms with Gasteiger partial charge in [-0.2, -0.15) is 0 Å². The van der Waals surface area contributed by atoms with Gasteiger partial charge in [0.25, 0.3) is 0 Å². The molecule has 2 heteroatoms. The predicted molar refractivity (Wildman–Crippen MR) is 73.9 cm³/mol. The molecule has 0 aromatic heterocycles. The van der Waals surface area contributed by atoms with Gasteiger partial charge in [-0.3, -0.25) is 0 Å². The van der Waals surface area contributed by atoms with Gasteiger partial charge in [0, 0.05) is 0 Å². The highest BCUT2D eigenvalue weighted by Crippen LogP contribution is 2.22. The summed E-state index contributed by atoms with van der Waals surface area (Å²) in [5, 5.41) is 3.19. The SMILES string of the molecule is CNCC(C)CCOc1cc(C)c(C)cc1C. The average molecular weight is 235 g/mol. The molecule has 1 unspecified atom stereocenters. The van der Waals surface area contributed by atoms with Crippen LogP contribution in [0.4, 0.5) is 0 Å². The van der Waals surface area contributed by atoms with Crippen LogP contribution < -0.4 is 10.1 Å². The fourth-order valence-corrected chi connectivity index (χ4v) is 1.91. The van der Waals surface area contributed by atoms with E-state index >= 15 is 0 Å². The number of aryl methyl sites for hydroxylation is 3. The highest BCUT2D eigenvalue weighted by molar-refractivity contribution is 5.40. The fraction of sp³-hybridized carbons (Fsp3) is 0.600. The van der Waals surface area contributed by atoms with Crippen molar-refractivity contribution in [1.29, 1.82) is 0 Å². The van der Waals surface area contributed by atoms with E-state index in [0.29, 0.717) is 5.92 Å². The van der Waals surface area contributed by atoms with E-state index in [0.717, 1.165) is 25.3 Å². The molecular weight excluding hydrogens is 210 g/mol. The van der Waals surface area contributed by atoms with Gasteiger partial charge in [0.15, 0.2) is 0 Å². The van der Waals surface area contributed by atoms with Crippen LogP contribution in [0, 0.1) is 26.7 Å². The highest BCUT2D eigenvalue weighted by Gasteiger charge is 2.05. The van der Waals surface area contributed by atoms with Crippen LogP contribution in [0.3, 0.4) is 0 Å². The summed E-state index contributed by atoms with van der Waals surface area (Å²) < 4.78 is 5.86. The zero-order valence-corrected chi connectivity index (χ0v) is 11.8. The van der Waals surface area contributed by atoms with Crippen LogP contribution in [0.15, 0.2) is 12.1 Å². The Labute approximate surface area is 105 Å². The molecule has 0 spiro atoms. The topological polar surface area (TPSA) is 21.3 Å². The van der Waals surface area contributed by atoms with Crippen LogP contribution in [0.1, 0.15) is 30.0 Å². The number of hydrogen-bond acceptors (Lipinski definition) is 2. The van der Waals surface area contributed by atoms with Crippen molar-refractivity contribution in [2.45, 2.75) is 34.1 Å². The van der Waals surface area contributed by atoms with Crippen LogP contribution in [-0.4, -0.2) is 20.2 Å². The molecule has 0 saturated carbocycles. The first-order chi connectivity index (χ1) is 8.04. The molecule has 2 nitrogen and oxygen atoms in total. The molecule has 1 aromatic rings. The third kappa shape index (κ3) is 4.39. The number of hydrogen-bond donors (Lipinski definition) is 1. The number of nitrogens with one attached hydrogen (secondary N) is 1. The average Bonchev–Trinajstić information content (AvgIpc) is 2.26. The maximum absolute atomic E-state index is 5.86. The smallest absolute Gasteiger partial charge is 0.122 e. The Morgan fingerprint density at radius 1 is 1.12 bits per heavy atom. The summed E-state index contributed by atoms with van der Waals surface area (Å²) in [4.78, 5) is 0. The molecule has 0 radical (unpaired) electrons. The summed E-state index contributed by atoms with van der Waals surface area (Å²) >= 11 is 0. The molecule has 1 rings (SSSR count). The molecule has 0 heterocycles. The second-order valence-electron chi connectivity index (χ2n) is 5.00. The molecule has 1 atom stereocenters. The Kier molecular flexibility index (Phi) is 5.49. The van der Waals surface area contributed by atoms with Crippen LogP contribution in [-0.2, 0) is 0 Å². The van der Waals surface area contributed by atoms with Gasteiger partial charge in [-0.15, -0.1) is 0 Å². The van der Waals surface area contributed by atoms with Crippen molar-refractivity contribution in [2.75, 3.05) is 20.2 Å². The monoisotopic (exact) mass is 235 g/mol. The van der Waals surface area contributed by atoms with E-state index in [9.17, 15) is 0 Å². The van der Waals surface area contributed by atoms with E-state index in [-0.39, 0.29) is 0 Å². The maximum atomic E-state index is 5.86. The first-order valence-electron chi connectivity index (χ1n) is 6.39. The first kappa shape index (κ1) is 14.0. The van der Waals surface area contributed by atoms with Crippen molar-refractivity contribution in [3.05, 3.63) is 28.8 Å². The van der Waals surface area contributed by atoms with E-state index < -0.39 is 0 Å². The normalized spacial score (nSPS) is 12.5. The second-order valence-corrected chi connectivity index (χ2v) is 5.00. The Hall–Kier alpha value is -1.02. The van der Waals surface area contributed by atoms with Gasteiger partial charge in [-0.25, -0.2) is 0 Å². The van der Waals surface area contributed by atoms with Crippen LogP contribution in [0.25, 0.3) is 0 Å². The minimum Gasteiger partial charge on any atom is -0.493 e. The summed E-state index contributed by atoms with van der Waals surface area (Å²) in [7, 11) is 1.99. The molecule has 0 aliphatic rings. The van der Waals surface area contributed by atoms with Gasteiger partial charge in [-0.05, 0) is 69.5 Å². The van der Waals surface area contributed by atoms with Crippen LogP contribution in [0.5, 0.6) is 5.75 Å². The van der Waals surface area contributed by atoms with Crippen molar-refractivity contribution in [3.63, 3.8) is 0 Å². The number of rotatable bonds is 6. The molecule has 1 N–H and O–H groups in total. The zero-order valence-electron chi connectivity index (χ0n) is 11.8. The van der Waals surface area contributed by atoms with Gasteiger partial charge in [0.2, 0.25) is 0 Å². The van der Waals surface area contributed by atoms with E-state index in [1.54, 1.807) is 0 Å². The van der Waals surface area contributed by atoms with E-state index in [4.69, 9.17) is 4.74 Å². The third-order valence-electron chi connectivity index (χ3n) is 3.21. The standard InChI is InChI=1S/C15H25NO/c1-11(10-16-5)6-7-17-15-9-13(3)12(2)8-14(15)4/h8-9,11,16H,6-7,10H2,1-5H3. The van der Waals surface area contributed by atoms with E-state index in [2.05, 4.69) is 45.1 Å². The lowest BCUT2D eigenvalue weighted by Crippen LogP contribution is -2.18.